The predicted molar refractivity (Wildman–Crippen MR) is 96.0 cm³/mol. The van der Waals surface area contributed by atoms with Gasteiger partial charge in [-0.15, -0.1) is 0 Å². The van der Waals surface area contributed by atoms with Crippen LogP contribution in [0.3, 0.4) is 0 Å². The predicted octanol–water partition coefficient (Wildman–Crippen LogP) is 1.54. The minimum Gasteiger partial charge on any atom is -0.341 e. The van der Waals surface area contributed by atoms with Gasteiger partial charge in [0.25, 0.3) is 10.2 Å². The van der Waals surface area contributed by atoms with Crippen molar-refractivity contribution < 1.29 is 13.2 Å². The fourth-order valence-electron chi connectivity index (χ4n) is 6.27. The Labute approximate surface area is 151 Å². The Kier molecular flexibility index (Phi) is 4.40. The van der Waals surface area contributed by atoms with Gasteiger partial charge in [-0.1, -0.05) is 0 Å². The molecule has 1 saturated heterocycles. The van der Waals surface area contributed by atoms with E-state index in [-0.39, 0.29) is 5.41 Å². The first-order valence-electron chi connectivity index (χ1n) is 9.77. The van der Waals surface area contributed by atoms with Gasteiger partial charge < -0.3 is 4.90 Å². The first kappa shape index (κ1) is 17.7. The Morgan fingerprint density at radius 1 is 0.920 bits per heavy atom. The molecule has 5 fully saturated rings. The molecular formula is C18H31N3O3S. The van der Waals surface area contributed by atoms with E-state index in [0.29, 0.717) is 32.1 Å². The van der Waals surface area contributed by atoms with Crippen LogP contribution in [0.4, 0.5) is 0 Å². The molecule has 0 spiro atoms. The van der Waals surface area contributed by atoms with Gasteiger partial charge >= 0.3 is 0 Å². The van der Waals surface area contributed by atoms with Gasteiger partial charge in [0.15, 0.2) is 0 Å². The van der Waals surface area contributed by atoms with Gasteiger partial charge in [-0.3, -0.25) is 4.79 Å². The minimum atomic E-state index is -3.39. The fourth-order valence-corrected chi connectivity index (χ4v) is 7.40. The van der Waals surface area contributed by atoms with E-state index in [9.17, 15) is 13.2 Å². The van der Waals surface area contributed by atoms with Crippen LogP contribution in [-0.4, -0.2) is 68.1 Å². The molecule has 1 aliphatic heterocycles. The zero-order valence-corrected chi connectivity index (χ0v) is 16.3. The number of amides is 1. The molecule has 0 aromatic rings. The number of carbonyl (C=O) groups is 1. The van der Waals surface area contributed by atoms with Crippen LogP contribution in [0, 0.1) is 23.2 Å². The van der Waals surface area contributed by atoms with Crippen LogP contribution in [0.15, 0.2) is 0 Å². The van der Waals surface area contributed by atoms with Crippen LogP contribution >= 0.6 is 0 Å². The van der Waals surface area contributed by atoms with E-state index >= 15 is 0 Å². The zero-order chi connectivity index (χ0) is 17.8. The van der Waals surface area contributed by atoms with Crippen LogP contribution < -0.4 is 0 Å². The molecule has 4 aliphatic carbocycles. The number of nitrogens with zero attached hydrogens (tertiary/aromatic N) is 3. The Morgan fingerprint density at radius 2 is 1.48 bits per heavy atom. The van der Waals surface area contributed by atoms with Crippen molar-refractivity contribution in [3.63, 3.8) is 0 Å². The maximum atomic E-state index is 13.4. The monoisotopic (exact) mass is 369 g/mol. The summed E-state index contributed by atoms with van der Waals surface area (Å²) in [6.07, 6.45) is 7.96. The second kappa shape index (κ2) is 6.20. The molecule has 4 bridgehead atoms. The molecule has 0 radical (unpaired) electrons. The van der Waals surface area contributed by atoms with E-state index in [1.165, 1.54) is 27.9 Å². The largest absolute Gasteiger partial charge is 0.341 e. The summed E-state index contributed by atoms with van der Waals surface area (Å²) in [5, 5.41) is 0. The van der Waals surface area contributed by atoms with Crippen molar-refractivity contribution in [2.45, 2.75) is 44.9 Å². The molecule has 5 aliphatic rings. The average molecular weight is 370 g/mol. The van der Waals surface area contributed by atoms with Crippen molar-refractivity contribution in [3.05, 3.63) is 0 Å². The van der Waals surface area contributed by atoms with E-state index in [2.05, 4.69) is 0 Å². The molecule has 142 valence electrons. The standard InChI is InChI=1S/C18H31N3O3S/c1-19(2)25(23,24)21-5-3-4-20(6-7-21)17(22)18-11-14-8-15(12-18)10-16(9-14)13-18/h14-16H,3-13H2,1-2H3. The fraction of sp³-hybridized carbons (Fsp3) is 0.944. The Hall–Kier alpha value is -0.660. The van der Waals surface area contributed by atoms with Gasteiger partial charge in [0, 0.05) is 40.3 Å². The third kappa shape index (κ3) is 3.02. The summed E-state index contributed by atoms with van der Waals surface area (Å²) >= 11 is 0. The molecule has 25 heavy (non-hydrogen) atoms. The summed E-state index contributed by atoms with van der Waals surface area (Å²) in [4.78, 5) is 15.4. The topological polar surface area (TPSA) is 60.9 Å². The van der Waals surface area contributed by atoms with Crippen molar-refractivity contribution in [2.24, 2.45) is 23.2 Å². The highest BCUT2D eigenvalue weighted by Crippen LogP contribution is 2.60. The van der Waals surface area contributed by atoms with Crippen molar-refractivity contribution in [3.8, 4) is 0 Å². The Balaban J connectivity index is 1.47. The summed E-state index contributed by atoms with van der Waals surface area (Å²) in [5.41, 5.74) is -0.121. The molecule has 0 N–H and O–H groups in total. The van der Waals surface area contributed by atoms with Crippen molar-refractivity contribution in [2.75, 3.05) is 40.3 Å². The molecule has 5 rings (SSSR count). The highest BCUT2D eigenvalue weighted by Gasteiger charge is 2.55. The molecular weight excluding hydrogens is 338 g/mol. The van der Waals surface area contributed by atoms with Gasteiger partial charge in [-0.2, -0.15) is 17.0 Å². The third-order valence-electron chi connectivity index (χ3n) is 7.02. The zero-order valence-electron chi connectivity index (χ0n) is 15.5. The maximum absolute atomic E-state index is 13.4. The Morgan fingerprint density at radius 3 is 2.00 bits per heavy atom. The molecule has 1 amide bonds. The lowest BCUT2D eigenvalue weighted by Crippen LogP contribution is -2.55. The molecule has 4 saturated carbocycles. The number of hydrogen-bond acceptors (Lipinski definition) is 3. The Bertz CT molecular complexity index is 611. The van der Waals surface area contributed by atoms with Gasteiger partial charge in [0.1, 0.15) is 0 Å². The van der Waals surface area contributed by atoms with E-state index in [1.54, 1.807) is 14.1 Å². The van der Waals surface area contributed by atoms with Crippen LogP contribution in [0.25, 0.3) is 0 Å². The number of rotatable bonds is 3. The van der Waals surface area contributed by atoms with E-state index in [1.807, 2.05) is 4.90 Å². The minimum absolute atomic E-state index is 0.121. The van der Waals surface area contributed by atoms with E-state index < -0.39 is 10.2 Å². The quantitative estimate of drug-likeness (QED) is 0.758. The summed E-state index contributed by atoms with van der Waals surface area (Å²) in [6.45, 7) is 2.15. The van der Waals surface area contributed by atoms with Gasteiger partial charge in [-0.05, 0) is 62.7 Å². The second-order valence-corrected chi connectivity index (χ2v) is 11.2. The first-order valence-corrected chi connectivity index (χ1v) is 11.2. The smallest absolute Gasteiger partial charge is 0.281 e. The summed E-state index contributed by atoms with van der Waals surface area (Å²) in [6, 6.07) is 0. The molecule has 6 nitrogen and oxygen atoms in total. The second-order valence-electron chi connectivity index (χ2n) is 9.03. The third-order valence-corrected chi connectivity index (χ3v) is 8.96. The SMILES string of the molecule is CN(C)S(=O)(=O)N1CCCN(C(=O)C23CC4CC(CC(C4)C2)C3)CC1. The molecule has 0 aromatic heterocycles. The average Bonchev–Trinajstić information content (AvgIpc) is 2.79. The van der Waals surface area contributed by atoms with Gasteiger partial charge in [0.05, 0.1) is 5.41 Å². The van der Waals surface area contributed by atoms with Crippen LogP contribution in [0.5, 0.6) is 0 Å². The molecule has 0 atom stereocenters. The van der Waals surface area contributed by atoms with E-state index in [4.69, 9.17) is 0 Å². The maximum Gasteiger partial charge on any atom is 0.281 e. The van der Waals surface area contributed by atoms with Crippen molar-refractivity contribution in [1.29, 1.82) is 0 Å². The highest BCUT2D eigenvalue weighted by atomic mass is 32.2. The molecule has 0 aromatic carbocycles. The van der Waals surface area contributed by atoms with Crippen LogP contribution in [-0.2, 0) is 15.0 Å². The summed E-state index contributed by atoms with van der Waals surface area (Å²) in [7, 11) is -0.253. The molecule has 7 heteroatoms. The summed E-state index contributed by atoms with van der Waals surface area (Å²) in [5.74, 6) is 2.60. The van der Waals surface area contributed by atoms with Gasteiger partial charge in [0.2, 0.25) is 5.91 Å². The number of carbonyl (C=O) groups excluding carboxylic acids is 1. The van der Waals surface area contributed by atoms with Crippen LogP contribution in [0.2, 0.25) is 0 Å². The lowest BCUT2D eigenvalue weighted by molar-refractivity contribution is -0.157. The van der Waals surface area contributed by atoms with Gasteiger partial charge in [-0.25, -0.2) is 0 Å². The van der Waals surface area contributed by atoms with Crippen LogP contribution in [0.1, 0.15) is 44.9 Å². The highest BCUT2D eigenvalue weighted by molar-refractivity contribution is 7.86. The van der Waals surface area contributed by atoms with Crippen molar-refractivity contribution in [1.82, 2.24) is 13.5 Å². The molecule has 0 unspecified atom stereocenters. The molecule has 1 heterocycles. The lowest BCUT2D eigenvalue weighted by Gasteiger charge is -2.56. The number of hydrogen-bond donors (Lipinski definition) is 0. The lowest BCUT2D eigenvalue weighted by atomic mass is 9.49. The van der Waals surface area contributed by atoms with E-state index in [0.717, 1.165) is 43.4 Å². The van der Waals surface area contributed by atoms with Crippen molar-refractivity contribution >= 4 is 16.1 Å². The first-order chi connectivity index (χ1) is 11.8. The summed E-state index contributed by atoms with van der Waals surface area (Å²) < 4.78 is 27.6. The normalized spacial score (nSPS) is 39.0.